The van der Waals surface area contributed by atoms with Crippen molar-refractivity contribution in [2.24, 2.45) is 0 Å². The molecular formula is C16H18FN3O3. The van der Waals surface area contributed by atoms with Gasteiger partial charge in [-0.3, -0.25) is 4.90 Å². The highest BCUT2D eigenvalue weighted by Crippen LogP contribution is 2.31. The van der Waals surface area contributed by atoms with E-state index in [2.05, 4.69) is 15.0 Å². The molecule has 4 rings (SSSR count). The summed E-state index contributed by atoms with van der Waals surface area (Å²) in [7, 11) is 0. The third-order valence-corrected chi connectivity index (χ3v) is 4.36. The van der Waals surface area contributed by atoms with Crippen molar-refractivity contribution in [2.75, 3.05) is 26.3 Å². The lowest BCUT2D eigenvalue weighted by atomic mass is 10.0. The van der Waals surface area contributed by atoms with Gasteiger partial charge in [0, 0.05) is 31.5 Å². The van der Waals surface area contributed by atoms with E-state index in [1.165, 1.54) is 12.1 Å². The van der Waals surface area contributed by atoms with Crippen molar-refractivity contribution >= 4 is 0 Å². The van der Waals surface area contributed by atoms with Crippen molar-refractivity contribution in [1.29, 1.82) is 0 Å². The molecule has 0 radical (unpaired) electrons. The summed E-state index contributed by atoms with van der Waals surface area (Å²) in [6.07, 6.45) is 1.71. The van der Waals surface area contributed by atoms with Crippen LogP contribution >= 0.6 is 0 Å². The van der Waals surface area contributed by atoms with E-state index in [1.54, 1.807) is 12.1 Å². The molecule has 0 saturated carbocycles. The van der Waals surface area contributed by atoms with Crippen LogP contribution in [0.15, 0.2) is 28.8 Å². The van der Waals surface area contributed by atoms with Crippen LogP contribution in [-0.4, -0.2) is 47.1 Å². The Kier molecular flexibility index (Phi) is 3.84. The first-order chi connectivity index (χ1) is 11.2. The normalized spacial score (nSPS) is 21.1. The summed E-state index contributed by atoms with van der Waals surface area (Å²) in [5.41, 5.74) is 0.742. The number of hydrogen-bond acceptors (Lipinski definition) is 6. The average molecular weight is 319 g/mol. The predicted octanol–water partition coefficient (Wildman–Crippen LogP) is 2.21. The summed E-state index contributed by atoms with van der Waals surface area (Å²) < 4.78 is 29.7. The zero-order chi connectivity index (χ0) is 15.7. The smallest absolute Gasteiger partial charge is 0.241 e. The first-order valence-corrected chi connectivity index (χ1v) is 7.81. The molecule has 1 aromatic heterocycles. The first-order valence-electron chi connectivity index (χ1n) is 7.81. The largest absolute Gasteiger partial charge is 0.347 e. The molecule has 122 valence electrons. The highest BCUT2D eigenvalue weighted by atomic mass is 19.1. The van der Waals surface area contributed by atoms with Gasteiger partial charge >= 0.3 is 0 Å². The van der Waals surface area contributed by atoms with Crippen molar-refractivity contribution in [2.45, 2.75) is 25.2 Å². The number of hydrogen-bond donors (Lipinski definition) is 0. The van der Waals surface area contributed by atoms with E-state index in [0.29, 0.717) is 31.5 Å². The fourth-order valence-electron chi connectivity index (χ4n) is 3.06. The minimum Gasteiger partial charge on any atom is -0.347 e. The molecule has 6 nitrogen and oxygen atoms in total. The Labute approximate surface area is 133 Å². The number of aromatic nitrogens is 2. The molecule has 1 spiro atoms. The maximum atomic E-state index is 13.0. The van der Waals surface area contributed by atoms with Gasteiger partial charge in [-0.2, -0.15) is 4.98 Å². The van der Waals surface area contributed by atoms with Crippen LogP contribution in [0.1, 0.15) is 18.7 Å². The van der Waals surface area contributed by atoms with E-state index in [-0.39, 0.29) is 11.6 Å². The fraction of sp³-hybridized carbons (Fsp3) is 0.500. The number of nitrogens with zero attached hydrogens (tertiary/aromatic N) is 3. The molecule has 3 heterocycles. The Morgan fingerprint density at radius 3 is 2.48 bits per heavy atom. The molecule has 0 bridgehead atoms. The predicted molar refractivity (Wildman–Crippen MR) is 78.8 cm³/mol. The molecule has 1 aromatic carbocycles. The van der Waals surface area contributed by atoms with Crippen molar-refractivity contribution in [3.8, 4) is 11.4 Å². The number of rotatable bonds is 3. The average Bonchev–Trinajstić information content (AvgIpc) is 3.21. The van der Waals surface area contributed by atoms with E-state index in [0.717, 1.165) is 31.5 Å². The topological polar surface area (TPSA) is 60.6 Å². The van der Waals surface area contributed by atoms with Gasteiger partial charge in [-0.25, -0.2) is 4.39 Å². The summed E-state index contributed by atoms with van der Waals surface area (Å²) in [6, 6.07) is 6.06. The number of benzene rings is 1. The van der Waals surface area contributed by atoms with E-state index in [1.807, 2.05) is 0 Å². The molecule has 0 N–H and O–H groups in total. The summed E-state index contributed by atoms with van der Waals surface area (Å²) in [4.78, 5) is 6.64. The molecule has 0 unspecified atom stereocenters. The maximum Gasteiger partial charge on any atom is 0.241 e. The molecule has 0 amide bonds. The lowest BCUT2D eigenvalue weighted by molar-refractivity contribution is -0.186. The van der Waals surface area contributed by atoms with Crippen LogP contribution in [0.5, 0.6) is 0 Å². The number of piperidine rings is 1. The lowest BCUT2D eigenvalue weighted by Gasteiger charge is -2.36. The van der Waals surface area contributed by atoms with Crippen LogP contribution in [-0.2, 0) is 16.0 Å². The molecule has 7 heteroatoms. The minimum absolute atomic E-state index is 0.281. The summed E-state index contributed by atoms with van der Waals surface area (Å²) >= 11 is 0. The third kappa shape index (κ3) is 3.12. The van der Waals surface area contributed by atoms with Crippen molar-refractivity contribution in [3.05, 3.63) is 36.0 Å². The Balaban J connectivity index is 1.38. The molecular weight excluding hydrogens is 301 g/mol. The zero-order valence-corrected chi connectivity index (χ0v) is 12.7. The Bertz CT molecular complexity index is 657. The van der Waals surface area contributed by atoms with Crippen LogP contribution in [0.3, 0.4) is 0 Å². The van der Waals surface area contributed by atoms with Crippen LogP contribution in [0.2, 0.25) is 0 Å². The molecule has 2 saturated heterocycles. The number of halogens is 1. The number of likely N-dealkylation sites (tertiary alicyclic amines) is 1. The number of ether oxygens (including phenoxy) is 2. The minimum atomic E-state index is -0.370. The molecule has 2 aliphatic heterocycles. The van der Waals surface area contributed by atoms with Gasteiger partial charge in [0.2, 0.25) is 11.7 Å². The van der Waals surface area contributed by atoms with Crippen molar-refractivity contribution in [3.63, 3.8) is 0 Å². The van der Waals surface area contributed by atoms with Crippen LogP contribution < -0.4 is 0 Å². The molecule has 0 atom stereocenters. The summed E-state index contributed by atoms with van der Waals surface area (Å²) in [5.74, 6) is 0.394. The van der Waals surface area contributed by atoms with Gasteiger partial charge in [0.1, 0.15) is 5.82 Å². The second kappa shape index (κ2) is 5.99. The quantitative estimate of drug-likeness (QED) is 0.864. The molecule has 2 fully saturated rings. The zero-order valence-electron chi connectivity index (χ0n) is 12.7. The molecule has 0 aliphatic carbocycles. The SMILES string of the molecule is Fc1ccc(-c2noc(CN3CCC4(CC3)OCCO4)n2)cc1. The van der Waals surface area contributed by atoms with Gasteiger partial charge in [0.05, 0.1) is 19.8 Å². The standard InChI is InChI=1S/C16H18FN3O3/c17-13-3-1-12(2-4-13)15-18-14(23-19-15)11-20-7-5-16(6-8-20)21-9-10-22-16/h1-4H,5-11H2. The van der Waals surface area contributed by atoms with Gasteiger partial charge in [-0.1, -0.05) is 5.16 Å². The van der Waals surface area contributed by atoms with Crippen molar-refractivity contribution < 1.29 is 18.4 Å². The van der Waals surface area contributed by atoms with Gasteiger partial charge < -0.3 is 14.0 Å². The van der Waals surface area contributed by atoms with E-state index in [9.17, 15) is 4.39 Å². The van der Waals surface area contributed by atoms with Gasteiger partial charge in [-0.05, 0) is 24.3 Å². The highest BCUT2D eigenvalue weighted by molar-refractivity contribution is 5.53. The first kappa shape index (κ1) is 14.7. The van der Waals surface area contributed by atoms with Crippen molar-refractivity contribution in [1.82, 2.24) is 15.0 Å². The van der Waals surface area contributed by atoms with Crippen LogP contribution in [0.4, 0.5) is 4.39 Å². The van der Waals surface area contributed by atoms with Crippen LogP contribution in [0.25, 0.3) is 11.4 Å². The Hall–Kier alpha value is -1.83. The second-order valence-corrected chi connectivity index (χ2v) is 5.90. The Morgan fingerprint density at radius 1 is 1.09 bits per heavy atom. The lowest BCUT2D eigenvalue weighted by Crippen LogP contribution is -2.44. The molecule has 23 heavy (non-hydrogen) atoms. The monoisotopic (exact) mass is 319 g/mol. The van der Waals surface area contributed by atoms with Gasteiger partial charge in [0.15, 0.2) is 5.79 Å². The van der Waals surface area contributed by atoms with E-state index < -0.39 is 0 Å². The molecule has 2 aromatic rings. The summed E-state index contributed by atoms with van der Waals surface area (Å²) in [6.45, 7) is 3.71. The van der Waals surface area contributed by atoms with E-state index in [4.69, 9.17) is 14.0 Å². The van der Waals surface area contributed by atoms with Crippen LogP contribution in [0, 0.1) is 5.82 Å². The summed E-state index contributed by atoms with van der Waals surface area (Å²) in [5, 5.41) is 3.97. The Morgan fingerprint density at radius 2 is 1.78 bits per heavy atom. The maximum absolute atomic E-state index is 13.0. The molecule has 2 aliphatic rings. The van der Waals surface area contributed by atoms with Gasteiger partial charge in [0.25, 0.3) is 0 Å². The highest BCUT2D eigenvalue weighted by Gasteiger charge is 2.39. The second-order valence-electron chi connectivity index (χ2n) is 5.90. The third-order valence-electron chi connectivity index (χ3n) is 4.36. The van der Waals surface area contributed by atoms with Gasteiger partial charge in [-0.15, -0.1) is 0 Å². The fourth-order valence-corrected chi connectivity index (χ4v) is 3.06. The van der Waals surface area contributed by atoms with E-state index >= 15 is 0 Å².